The average Bonchev–Trinajstić information content (AvgIpc) is 2.25. The molecule has 1 fully saturated rings. The van der Waals surface area contributed by atoms with Gasteiger partial charge in [0.05, 0.1) is 7.11 Å². The van der Waals surface area contributed by atoms with E-state index in [1.165, 1.54) is 5.56 Å². The molecule has 1 heterocycles. The monoisotopic (exact) mass is 262 g/mol. The van der Waals surface area contributed by atoms with E-state index in [9.17, 15) is 0 Å². The van der Waals surface area contributed by atoms with Gasteiger partial charge in [0.25, 0.3) is 0 Å². The first-order valence-corrected chi connectivity index (χ1v) is 6.95. The summed E-state index contributed by atoms with van der Waals surface area (Å²) in [6, 6.07) is 8.29. The largest absolute Gasteiger partial charge is 0.496 e. The normalized spacial score (nSPS) is 22.2. The van der Waals surface area contributed by atoms with Crippen LogP contribution in [0.2, 0.25) is 0 Å². The van der Waals surface area contributed by atoms with E-state index >= 15 is 0 Å². The maximum Gasteiger partial charge on any atom is 0.123 e. The molecule has 1 aromatic carbocycles. The summed E-state index contributed by atoms with van der Waals surface area (Å²) in [6.45, 7) is 12.1. The number of hydrogen-bond donors (Lipinski definition) is 1. The molecule has 0 saturated carbocycles. The van der Waals surface area contributed by atoms with Gasteiger partial charge < -0.3 is 10.1 Å². The Labute approximate surface area is 116 Å². The number of rotatable bonds is 3. The summed E-state index contributed by atoms with van der Waals surface area (Å²) >= 11 is 0. The Morgan fingerprint density at radius 2 is 1.68 bits per heavy atom. The van der Waals surface area contributed by atoms with E-state index in [1.54, 1.807) is 7.11 Å². The predicted molar refractivity (Wildman–Crippen MR) is 79.6 cm³/mol. The first-order valence-electron chi connectivity index (χ1n) is 6.95. The Hall–Kier alpha value is -1.06. The summed E-state index contributed by atoms with van der Waals surface area (Å²) in [5, 5.41) is 3.70. The van der Waals surface area contributed by atoms with Gasteiger partial charge in [-0.05, 0) is 33.8 Å². The smallest absolute Gasteiger partial charge is 0.123 e. The summed E-state index contributed by atoms with van der Waals surface area (Å²) in [4.78, 5) is 2.51. The maximum atomic E-state index is 5.45. The van der Waals surface area contributed by atoms with E-state index in [4.69, 9.17) is 4.74 Å². The molecule has 106 valence electrons. The summed E-state index contributed by atoms with van der Waals surface area (Å²) in [5.74, 6) is 0.983. The number of ether oxygens (including phenoxy) is 1. The van der Waals surface area contributed by atoms with E-state index < -0.39 is 0 Å². The average molecular weight is 262 g/mol. The first kappa shape index (κ1) is 14.4. The Kier molecular flexibility index (Phi) is 3.88. The molecule has 2 rings (SSSR count). The quantitative estimate of drug-likeness (QED) is 0.906. The molecule has 0 unspecified atom stereocenters. The second-order valence-corrected chi connectivity index (χ2v) is 6.85. The number of para-hydroxylation sites is 1. The maximum absolute atomic E-state index is 5.45. The molecule has 1 aliphatic rings. The highest BCUT2D eigenvalue weighted by Gasteiger charge is 2.36. The fourth-order valence-corrected chi connectivity index (χ4v) is 3.36. The lowest BCUT2D eigenvalue weighted by Gasteiger charge is -2.48. The molecule has 1 saturated heterocycles. The van der Waals surface area contributed by atoms with Crippen molar-refractivity contribution in [3.8, 4) is 5.75 Å². The van der Waals surface area contributed by atoms with Crippen molar-refractivity contribution in [3.63, 3.8) is 0 Å². The highest BCUT2D eigenvalue weighted by Crippen LogP contribution is 2.25. The van der Waals surface area contributed by atoms with Crippen LogP contribution < -0.4 is 10.1 Å². The topological polar surface area (TPSA) is 24.5 Å². The van der Waals surface area contributed by atoms with Crippen LogP contribution in [0.1, 0.15) is 33.3 Å². The van der Waals surface area contributed by atoms with Gasteiger partial charge in [-0.25, -0.2) is 0 Å². The number of methoxy groups -OCH3 is 1. The molecule has 0 amide bonds. The minimum absolute atomic E-state index is 0.143. The van der Waals surface area contributed by atoms with E-state index in [2.05, 4.69) is 50.0 Å². The Morgan fingerprint density at radius 3 is 2.26 bits per heavy atom. The zero-order valence-corrected chi connectivity index (χ0v) is 12.8. The van der Waals surface area contributed by atoms with Crippen LogP contribution in [0.15, 0.2) is 24.3 Å². The molecule has 0 spiro atoms. The standard InChI is InChI=1S/C16H26N2O/c1-15(2)11-18(12-16(3,4)17-15)10-13-8-6-7-9-14(13)19-5/h6-9,17H,10-12H2,1-5H3. The van der Waals surface area contributed by atoms with Gasteiger partial charge in [0.2, 0.25) is 0 Å². The lowest BCUT2D eigenvalue weighted by atomic mass is 9.91. The van der Waals surface area contributed by atoms with E-state index in [0.717, 1.165) is 25.4 Å². The molecule has 0 atom stereocenters. The number of nitrogens with zero attached hydrogens (tertiary/aromatic N) is 1. The molecule has 1 N–H and O–H groups in total. The van der Waals surface area contributed by atoms with Crippen LogP contribution in [0, 0.1) is 0 Å². The van der Waals surface area contributed by atoms with Gasteiger partial charge in [0.1, 0.15) is 5.75 Å². The van der Waals surface area contributed by atoms with Crippen LogP contribution in [-0.2, 0) is 6.54 Å². The zero-order chi connectivity index (χ0) is 14.1. The molecule has 0 radical (unpaired) electrons. The van der Waals surface area contributed by atoms with E-state index in [1.807, 2.05) is 12.1 Å². The molecular weight excluding hydrogens is 236 g/mol. The molecule has 0 aromatic heterocycles. The Balaban J connectivity index is 2.14. The van der Waals surface area contributed by atoms with Crippen LogP contribution >= 0.6 is 0 Å². The first-order chi connectivity index (χ1) is 8.81. The van der Waals surface area contributed by atoms with Crippen molar-refractivity contribution in [2.24, 2.45) is 0 Å². The third-order valence-corrected chi connectivity index (χ3v) is 3.50. The van der Waals surface area contributed by atoms with Gasteiger partial charge >= 0.3 is 0 Å². The van der Waals surface area contributed by atoms with E-state index in [0.29, 0.717) is 0 Å². The number of nitrogens with one attached hydrogen (secondary N) is 1. The molecule has 0 aliphatic carbocycles. The predicted octanol–water partition coefficient (Wildman–Crippen LogP) is 2.66. The minimum Gasteiger partial charge on any atom is -0.496 e. The van der Waals surface area contributed by atoms with Crippen LogP contribution in [0.3, 0.4) is 0 Å². The molecule has 0 bridgehead atoms. The molecule has 3 heteroatoms. The Bertz CT molecular complexity index is 424. The highest BCUT2D eigenvalue weighted by atomic mass is 16.5. The molecule has 1 aromatic rings. The zero-order valence-electron chi connectivity index (χ0n) is 12.8. The summed E-state index contributed by atoms with van der Waals surface area (Å²) in [5.41, 5.74) is 1.55. The lowest BCUT2D eigenvalue weighted by molar-refractivity contribution is 0.0722. The highest BCUT2D eigenvalue weighted by molar-refractivity contribution is 5.33. The van der Waals surface area contributed by atoms with Crippen molar-refractivity contribution in [3.05, 3.63) is 29.8 Å². The van der Waals surface area contributed by atoms with Gasteiger partial charge in [0.15, 0.2) is 0 Å². The summed E-state index contributed by atoms with van der Waals surface area (Å²) in [7, 11) is 1.74. The van der Waals surface area contributed by atoms with Gasteiger partial charge in [0, 0.05) is 36.3 Å². The molecular formula is C16H26N2O. The molecule has 19 heavy (non-hydrogen) atoms. The molecule has 3 nitrogen and oxygen atoms in total. The van der Waals surface area contributed by atoms with Crippen molar-refractivity contribution in [1.82, 2.24) is 10.2 Å². The lowest BCUT2D eigenvalue weighted by Crippen LogP contribution is -2.66. The van der Waals surface area contributed by atoms with Crippen LogP contribution in [-0.4, -0.2) is 36.2 Å². The van der Waals surface area contributed by atoms with Gasteiger partial charge in [-0.2, -0.15) is 0 Å². The van der Waals surface area contributed by atoms with Crippen molar-refractivity contribution in [2.45, 2.75) is 45.3 Å². The Morgan fingerprint density at radius 1 is 1.11 bits per heavy atom. The second-order valence-electron chi connectivity index (χ2n) is 6.85. The second kappa shape index (κ2) is 5.14. The van der Waals surface area contributed by atoms with Gasteiger partial charge in [-0.1, -0.05) is 18.2 Å². The third-order valence-electron chi connectivity index (χ3n) is 3.50. The van der Waals surface area contributed by atoms with Crippen molar-refractivity contribution >= 4 is 0 Å². The fraction of sp³-hybridized carbons (Fsp3) is 0.625. The van der Waals surface area contributed by atoms with Gasteiger partial charge in [-0.3, -0.25) is 4.90 Å². The van der Waals surface area contributed by atoms with Crippen molar-refractivity contribution in [1.29, 1.82) is 0 Å². The van der Waals surface area contributed by atoms with Gasteiger partial charge in [-0.15, -0.1) is 0 Å². The molecule has 1 aliphatic heterocycles. The third kappa shape index (κ3) is 3.71. The fourth-order valence-electron chi connectivity index (χ4n) is 3.36. The summed E-state index contributed by atoms with van der Waals surface area (Å²) < 4.78 is 5.45. The van der Waals surface area contributed by atoms with Crippen LogP contribution in [0.4, 0.5) is 0 Å². The number of hydrogen-bond acceptors (Lipinski definition) is 3. The van der Waals surface area contributed by atoms with Crippen molar-refractivity contribution < 1.29 is 4.74 Å². The number of piperazine rings is 1. The minimum atomic E-state index is 0.143. The SMILES string of the molecule is COc1ccccc1CN1CC(C)(C)NC(C)(C)C1. The van der Waals surface area contributed by atoms with Crippen LogP contribution in [0.25, 0.3) is 0 Å². The number of benzene rings is 1. The van der Waals surface area contributed by atoms with Crippen molar-refractivity contribution in [2.75, 3.05) is 20.2 Å². The van der Waals surface area contributed by atoms with E-state index in [-0.39, 0.29) is 11.1 Å². The van der Waals surface area contributed by atoms with Crippen LogP contribution in [0.5, 0.6) is 5.75 Å². The summed E-state index contributed by atoms with van der Waals surface area (Å²) in [6.07, 6.45) is 0.